The maximum atomic E-state index is 12.5. The van der Waals surface area contributed by atoms with E-state index in [2.05, 4.69) is 6.07 Å². The number of hydrogen-bond acceptors (Lipinski definition) is 1. The number of carbonyl (C=O) groups excluding carboxylic acids is 1. The first-order valence-corrected chi connectivity index (χ1v) is 7.93. The second kappa shape index (κ2) is 6.55. The van der Waals surface area contributed by atoms with Gasteiger partial charge < -0.3 is 4.90 Å². The van der Waals surface area contributed by atoms with Crippen LogP contribution in [0.5, 0.6) is 0 Å². The minimum absolute atomic E-state index is 0.0295. The smallest absolute Gasteiger partial charge is 0.250 e. The highest BCUT2D eigenvalue weighted by molar-refractivity contribution is 6.35. The Kier molecular flexibility index (Phi) is 4.51. The lowest BCUT2D eigenvalue weighted by Crippen LogP contribution is -2.34. The van der Waals surface area contributed by atoms with E-state index in [0.29, 0.717) is 10.0 Å². The number of benzene rings is 2. The predicted octanol–water partition coefficient (Wildman–Crippen LogP) is 4.99. The van der Waals surface area contributed by atoms with Crippen molar-refractivity contribution in [1.82, 2.24) is 0 Å². The van der Waals surface area contributed by atoms with Crippen LogP contribution in [0.4, 0.5) is 5.69 Å². The highest BCUT2D eigenvalue weighted by Crippen LogP contribution is 2.27. The van der Waals surface area contributed by atoms with Crippen LogP contribution in [0, 0.1) is 0 Å². The van der Waals surface area contributed by atoms with Crippen molar-refractivity contribution >= 4 is 40.9 Å². The number of para-hydroxylation sites is 1. The van der Waals surface area contributed by atoms with Crippen LogP contribution in [0.25, 0.3) is 6.08 Å². The van der Waals surface area contributed by atoms with Gasteiger partial charge in [-0.05, 0) is 48.2 Å². The minimum atomic E-state index is -0.0295. The number of hydrogen-bond donors (Lipinski definition) is 0. The first-order valence-electron chi connectivity index (χ1n) is 7.18. The average molecular weight is 332 g/mol. The maximum Gasteiger partial charge on any atom is 0.250 e. The lowest BCUT2D eigenvalue weighted by molar-refractivity contribution is -0.114. The van der Waals surface area contributed by atoms with E-state index in [1.54, 1.807) is 30.4 Å². The molecule has 112 valence electrons. The van der Waals surface area contributed by atoms with Crippen molar-refractivity contribution in [1.29, 1.82) is 0 Å². The highest BCUT2D eigenvalue weighted by atomic mass is 35.5. The molecule has 2 aromatic rings. The number of aryl methyl sites for hydroxylation is 1. The van der Waals surface area contributed by atoms with E-state index in [1.165, 1.54) is 5.56 Å². The van der Waals surface area contributed by atoms with Crippen LogP contribution < -0.4 is 4.90 Å². The second-order valence-corrected chi connectivity index (χ2v) is 6.06. The Morgan fingerprint density at radius 3 is 2.77 bits per heavy atom. The fourth-order valence-electron chi connectivity index (χ4n) is 2.65. The zero-order chi connectivity index (χ0) is 15.5. The van der Waals surface area contributed by atoms with E-state index in [-0.39, 0.29) is 5.91 Å². The molecule has 0 N–H and O–H groups in total. The van der Waals surface area contributed by atoms with Crippen molar-refractivity contribution < 1.29 is 4.79 Å². The molecular weight excluding hydrogens is 317 g/mol. The van der Waals surface area contributed by atoms with Crippen molar-refractivity contribution in [3.8, 4) is 0 Å². The summed E-state index contributed by atoms with van der Waals surface area (Å²) in [5.74, 6) is -0.0295. The number of carbonyl (C=O) groups is 1. The van der Waals surface area contributed by atoms with E-state index in [4.69, 9.17) is 23.2 Å². The molecule has 0 atom stereocenters. The van der Waals surface area contributed by atoms with Crippen molar-refractivity contribution in [2.75, 3.05) is 11.4 Å². The normalized spacial score (nSPS) is 14.2. The Morgan fingerprint density at radius 1 is 1.14 bits per heavy atom. The van der Waals surface area contributed by atoms with Gasteiger partial charge in [0.2, 0.25) is 0 Å². The van der Waals surface area contributed by atoms with Gasteiger partial charge in [-0.1, -0.05) is 47.5 Å². The number of nitrogens with zero attached hydrogens (tertiary/aromatic N) is 1. The molecule has 0 fully saturated rings. The Labute approximate surface area is 140 Å². The summed E-state index contributed by atoms with van der Waals surface area (Å²) in [5, 5.41) is 1.12. The molecule has 2 nitrogen and oxygen atoms in total. The summed E-state index contributed by atoms with van der Waals surface area (Å²) >= 11 is 12.0. The van der Waals surface area contributed by atoms with Crippen LogP contribution in [0.15, 0.2) is 48.5 Å². The fraction of sp³-hybridized carbons (Fsp3) is 0.167. The predicted molar refractivity (Wildman–Crippen MR) is 92.6 cm³/mol. The number of halogens is 2. The largest absolute Gasteiger partial charge is 0.309 e. The first-order chi connectivity index (χ1) is 10.6. The zero-order valence-electron chi connectivity index (χ0n) is 11.9. The van der Waals surface area contributed by atoms with Crippen LogP contribution in [-0.2, 0) is 11.2 Å². The second-order valence-electron chi connectivity index (χ2n) is 5.22. The number of anilines is 1. The standard InChI is InChI=1S/C18H15Cl2NO/c19-15-9-7-13(16(20)12-15)8-10-18(22)21-11-3-5-14-4-1-2-6-17(14)21/h1-2,4,6-10,12H,3,5,11H2. The van der Waals surface area contributed by atoms with E-state index >= 15 is 0 Å². The molecular formula is C18H15Cl2NO. The van der Waals surface area contributed by atoms with Gasteiger partial charge in [0.1, 0.15) is 0 Å². The summed E-state index contributed by atoms with van der Waals surface area (Å²) in [6.07, 6.45) is 5.31. The van der Waals surface area contributed by atoms with Gasteiger partial charge in [-0.25, -0.2) is 0 Å². The van der Waals surface area contributed by atoms with Crippen molar-refractivity contribution in [2.24, 2.45) is 0 Å². The number of rotatable bonds is 2. The molecule has 1 aliphatic rings. The van der Waals surface area contributed by atoms with Gasteiger partial charge in [0, 0.05) is 28.4 Å². The molecule has 0 bridgehead atoms. The van der Waals surface area contributed by atoms with Crippen LogP contribution in [0.1, 0.15) is 17.5 Å². The summed E-state index contributed by atoms with van der Waals surface area (Å²) in [7, 11) is 0. The van der Waals surface area contributed by atoms with E-state index in [0.717, 1.165) is 30.6 Å². The van der Waals surface area contributed by atoms with Gasteiger partial charge in [-0.3, -0.25) is 4.79 Å². The van der Waals surface area contributed by atoms with E-state index < -0.39 is 0 Å². The molecule has 3 rings (SSSR count). The molecule has 0 unspecified atom stereocenters. The first kappa shape index (κ1) is 15.1. The van der Waals surface area contributed by atoms with Gasteiger partial charge in [0.15, 0.2) is 0 Å². The molecule has 22 heavy (non-hydrogen) atoms. The molecule has 0 aliphatic carbocycles. The van der Waals surface area contributed by atoms with Crippen molar-refractivity contribution in [2.45, 2.75) is 12.8 Å². The van der Waals surface area contributed by atoms with Gasteiger partial charge in [0.05, 0.1) is 0 Å². The molecule has 2 aromatic carbocycles. The monoisotopic (exact) mass is 331 g/mol. The quantitative estimate of drug-likeness (QED) is 0.710. The van der Waals surface area contributed by atoms with Gasteiger partial charge in [0.25, 0.3) is 5.91 Å². The van der Waals surface area contributed by atoms with Gasteiger partial charge in [-0.15, -0.1) is 0 Å². The molecule has 0 aromatic heterocycles. The summed E-state index contributed by atoms with van der Waals surface area (Å²) in [6, 6.07) is 13.3. The Bertz CT molecular complexity index is 740. The molecule has 4 heteroatoms. The van der Waals surface area contributed by atoms with Gasteiger partial charge in [-0.2, -0.15) is 0 Å². The highest BCUT2D eigenvalue weighted by Gasteiger charge is 2.20. The van der Waals surface area contributed by atoms with Gasteiger partial charge >= 0.3 is 0 Å². The molecule has 1 heterocycles. The van der Waals surface area contributed by atoms with Crippen LogP contribution in [0.2, 0.25) is 10.0 Å². The molecule has 0 radical (unpaired) electrons. The fourth-order valence-corrected chi connectivity index (χ4v) is 3.12. The maximum absolute atomic E-state index is 12.5. The minimum Gasteiger partial charge on any atom is -0.309 e. The van der Waals surface area contributed by atoms with Crippen LogP contribution in [-0.4, -0.2) is 12.5 Å². The average Bonchev–Trinajstić information content (AvgIpc) is 2.53. The molecule has 0 saturated carbocycles. The Balaban J connectivity index is 1.82. The zero-order valence-corrected chi connectivity index (χ0v) is 13.4. The Morgan fingerprint density at radius 2 is 1.95 bits per heavy atom. The van der Waals surface area contributed by atoms with E-state index in [9.17, 15) is 4.79 Å². The summed E-state index contributed by atoms with van der Waals surface area (Å²) < 4.78 is 0. The third-order valence-electron chi connectivity index (χ3n) is 3.74. The molecule has 1 amide bonds. The van der Waals surface area contributed by atoms with Crippen LogP contribution >= 0.6 is 23.2 Å². The summed E-state index contributed by atoms with van der Waals surface area (Å²) in [4.78, 5) is 14.3. The molecule has 0 spiro atoms. The lowest BCUT2D eigenvalue weighted by atomic mass is 10.0. The van der Waals surface area contributed by atoms with E-state index in [1.807, 2.05) is 23.1 Å². The topological polar surface area (TPSA) is 20.3 Å². The summed E-state index contributed by atoms with van der Waals surface area (Å²) in [6.45, 7) is 0.745. The third-order valence-corrected chi connectivity index (χ3v) is 4.31. The lowest BCUT2D eigenvalue weighted by Gasteiger charge is -2.28. The van der Waals surface area contributed by atoms with Crippen molar-refractivity contribution in [3.63, 3.8) is 0 Å². The molecule has 1 aliphatic heterocycles. The molecule has 0 saturated heterocycles. The summed E-state index contributed by atoms with van der Waals surface area (Å²) in [5.41, 5.74) is 3.01. The third kappa shape index (κ3) is 3.18. The Hall–Kier alpha value is -1.77. The number of fused-ring (bicyclic) bond motifs is 1. The SMILES string of the molecule is O=C(C=Cc1ccc(Cl)cc1Cl)N1CCCc2ccccc21. The number of amides is 1. The van der Waals surface area contributed by atoms with Crippen LogP contribution in [0.3, 0.4) is 0 Å². The van der Waals surface area contributed by atoms with Crippen molar-refractivity contribution in [3.05, 3.63) is 69.7 Å².